The Morgan fingerprint density at radius 1 is 1.00 bits per heavy atom. The molecule has 6 nitrogen and oxygen atoms in total. The molecular formula is C11H5NO5. The van der Waals surface area contributed by atoms with Crippen LogP contribution in [0.2, 0.25) is 0 Å². The summed E-state index contributed by atoms with van der Waals surface area (Å²) >= 11 is 0. The van der Waals surface area contributed by atoms with Crippen molar-refractivity contribution in [1.82, 2.24) is 0 Å². The van der Waals surface area contributed by atoms with E-state index in [1.807, 2.05) is 0 Å². The molecule has 0 saturated carbocycles. The van der Waals surface area contributed by atoms with Crippen molar-refractivity contribution in [2.75, 3.05) is 0 Å². The van der Waals surface area contributed by atoms with Gasteiger partial charge in [-0.2, -0.15) is 0 Å². The second-order valence-electron chi connectivity index (χ2n) is 3.52. The SMILES string of the molecule is O=c1ccc2cc3cc([N+](=O)[O-])oc3cc2o1. The van der Waals surface area contributed by atoms with Gasteiger partial charge in [0.05, 0.1) is 6.07 Å². The molecule has 0 aliphatic carbocycles. The van der Waals surface area contributed by atoms with E-state index in [2.05, 4.69) is 0 Å². The molecule has 0 aliphatic heterocycles. The molecule has 17 heavy (non-hydrogen) atoms. The molecule has 0 amide bonds. The molecule has 0 saturated heterocycles. The largest absolute Gasteiger partial charge is 0.434 e. The third kappa shape index (κ3) is 1.46. The molecule has 84 valence electrons. The Balaban J connectivity index is 2.39. The van der Waals surface area contributed by atoms with Crippen molar-refractivity contribution in [2.24, 2.45) is 0 Å². The number of rotatable bonds is 1. The minimum Gasteiger partial charge on any atom is -0.423 e. The van der Waals surface area contributed by atoms with Gasteiger partial charge in [-0.05, 0) is 12.1 Å². The van der Waals surface area contributed by atoms with Crippen LogP contribution in [0, 0.1) is 10.1 Å². The van der Waals surface area contributed by atoms with Gasteiger partial charge < -0.3 is 8.83 Å². The first kappa shape index (κ1) is 9.59. The maximum atomic E-state index is 11.0. The molecule has 0 bridgehead atoms. The van der Waals surface area contributed by atoms with Crippen LogP contribution >= 0.6 is 0 Å². The summed E-state index contributed by atoms with van der Waals surface area (Å²) in [6.45, 7) is 0. The Bertz CT molecular complexity index is 798. The standard InChI is InChI=1S/C11H5NO5/c13-11-2-1-6-3-7-4-10(12(14)15)16-9(7)5-8(6)17-11/h1-5H. The lowest BCUT2D eigenvalue weighted by Crippen LogP contribution is -1.93. The van der Waals surface area contributed by atoms with Gasteiger partial charge in [0.25, 0.3) is 0 Å². The first-order chi connectivity index (χ1) is 8.13. The number of hydrogen-bond donors (Lipinski definition) is 0. The van der Waals surface area contributed by atoms with Crippen LogP contribution in [0.5, 0.6) is 0 Å². The number of nitro groups is 1. The molecule has 0 spiro atoms. The summed E-state index contributed by atoms with van der Waals surface area (Å²) in [5.41, 5.74) is 0.186. The summed E-state index contributed by atoms with van der Waals surface area (Å²) in [6, 6.07) is 7.37. The van der Waals surface area contributed by atoms with Gasteiger partial charge in [-0.25, -0.2) is 4.79 Å². The molecule has 0 aliphatic rings. The summed E-state index contributed by atoms with van der Waals surface area (Å²) in [5, 5.41) is 11.8. The van der Waals surface area contributed by atoms with E-state index in [1.54, 1.807) is 12.1 Å². The van der Waals surface area contributed by atoms with Gasteiger partial charge in [-0.1, -0.05) is 0 Å². The summed E-state index contributed by atoms with van der Waals surface area (Å²) < 4.78 is 9.97. The van der Waals surface area contributed by atoms with E-state index in [9.17, 15) is 14.9 Å². The van der Waals surface area contributed by atoms with Crippen LogP contribution in [0.25, 0.3) is 21.9 Å². The Morgan fingerprint density at radius 3 is 2.53 bits per heavy atom. The summed E-state index contributed by atoms with van der Waals surface area (Å²) in [6.07, 6.45) is 0. The van der Waals surface area contributed by atoms with Gasteiger partial charge in [-0.3, -0.25) is 10.1 Å². The Kier molecular flexibility index (Phi) is 1.79. The third-order valence-corrected chi connectivity index (χ3v) is 2.43. The van der Waals surface area contributed by atoms with Crippen molar-refractivity contribution in [2.45, 2.75) is 0 Å². The Labute approximate surface area is 93.2 Å². The van der Waals surface area contributed by atoms with Crippen LogP contribution in [0.15, 0.2) is 44.0 Å². The molecule has 0 atom stereocenters. The Morgan fingerprint density at radius 2 is 1.76 bits per heavy atom. The van der Waals surface area contributed by atoms with Crippen LogP contribution in [-0.4, -0.2) is 4.92 Å². The first-order valence-electron chi connectivity index (χ1n) is 4.75. The number of fused-ring (bicyclic) bond motifs is 2. The highest BCUT2D eigenvalue weighted by Gasteiger charge is 2.14. The predicted molar refractivity (Wildman–Crippen MR) is 58.9 cm³/mol. The molecule has 0 radical (unpaired) electrons. The highest BCUT2D eigenvalue weighted by molar-refractivity contribution is 5.93. The number of benzene rings is 1. The van der Waals surface area contributed by atoms with E-state index in [0.29, 0.717) is 21.9 Å². The number of hydrogen-bond acceptors (Lipinski definition) is 5. The highest BCUT2D eigenvalue weighted by Crippen LogP contribution is 2.28. The van der Waals surface area contributed by atoms with E-state index in [-0.39, 0.29) is 5.88 Å². The molecule has 6 heteroatoms. The van der Waals surface area contributed by atoms with Crippen molar-refractivity contribution in [3.8, 4) is 0 Å². The molecule has 0 N–H and O–H groups in total. The number of nitrogens with zero attached hydrogens (tertiary/aromatic N) is 1. The van der Waals surface area contributed by atoms with Crippen molar-refractivity contribution in [3.05, 3.63) is 50.9 Å². The van der Waals surface area contributed by atoms with Crippen molar-refractivity contribution in [3.63, 3.8) is 0 Å². The van der Waals surface area contributed by atoms with Crippen molar-refractivity contribution < 1.29 is 13.8 Å². The minimum atomic E-state index is -0.610. The van der Waals surface area contributed by atoms with E-state index in [1.165, 1.54) is 18.2 Å². The lowest BCUT2D eigenvalue weighted by atomic mass is 10.2. The van der Waals surface area contributed by atoms with Gasteiger partial charge in [0.1, 0.15) is 16.1 Å². The van der Waals surface area contributed by atoms with Crippen LogP contribution < -0.4 is 5.63 Å². The van der Waals surface area contributed by atoms with Gasteiger partial charge in [0.15, 0.2) is 0 Å². The molecular weight excluding hydrogens is 226 g/mol. The predicted octanol–water partition coefficient (Wildman–Crippen LogP) is 2.45. The average Bonchev–Trinajstić information content (AvgIpc) is 2.68. The zero-order chi connectivity index (χ0) is 12.0. The molecule has 0 fully saturated rings. The first-order valence-corrected chi connectivity index (χ1v) is 4.75. The number of furan rings is 1. The van der Waals surface area contributed by atoms with Crippen LogP contribution in [0.3, 0.4) is 0 Å². The van der Waals surface area contributed by atoms with Crippen molar-refractivity contribution in [1.29, 1.82) is 0 Å². The molecule has 3 rings (SSSR count). The lowest BCUT2D eigenvalue weighted by Gasteiger charge is -1.94. The maximum Gasteiger partial charge on any atom is 0.434 e. The van der Waals surface area contributed by atoms with Crippen LogP contribution in [0.4, 0.5) is 5.88 Å². The van der Waals surface area contributed by atoms with Crippen LogP contribution in [0.1, 0.15) is 0 Å². The fourth-order valence-corrected chi connectivity index (χ4v) is 1.68. The second-order valence-corrected chi connectivity index (χ2v) is 3.52. The quantitative estimate of drug-likeness (QED) is 0.364. The molecule has 0 unspecified atom stereocenters. The van der Waals surface area contributed by atoms with Gasteiger partial charge in [0.2, 0.25) is 0 Å². The second kappa shape index (κ2) is 3.18. The van der Waals surface area contributed by atoms with E-state index in [4.69, 9.17) is 8.83 Å². The zero-order valence-corrected chi connectivity index (χ0v) is 8.38. The van der Waals surface area contributed by atoms with Gasteiger partial charge in [-0.15, -0.1) is 0 Å². The normalized spacial score (nSPS) is 11.1. The smallest absolute Gasteiger partial charge is 0.423 e. The monoisotopic (exact) mass is 231 g/mol. The van der Waals surface area contributed by atoms with Crippen molar-refractivity contribution >= 4 is 27.8 Å². The van der Waals surface area contributed by atoms with E-state index < -0.39 is 10.5 Å². The minimum absolute atomic E-state index is 0.318. The molecule has 2 heterocycles. The highest BCUT2D eigenvalue weighted by atomic mass is 16.6. The van der Waals surface area contributed by atoms with Crippen LogP contribution in [-0.2, 0) is 0 Å². The lowest BCUT2D eigenvalue weighted by molar-refractivity contribution is -0.401. The summed E-state index contributed by atoms with van der Waals surface area (Å²) in [4.78, 5) is 21.0. The molecule has 3 aromatic rings. The fraction of sp³-hybridized carbons (Fsp3) is 0. The Hall–Kier alpha value is -2.63. The topological polar surface area (TPSA) is 86.5 Å². The molecule has 1 aromatic carbocycles. The third-order valence-electron chi connectivity index (χ3n) is 2.43. The molecule has 2 aromatic heterocycles. The zero-order valence-electron chi connectivity index (χ0n) is 8.38. The van der Waals surface area contributed by atoms with E-state index >= 15 is 0 Å². The maximum absolute atomic E-state index is 11.0. The fourth-order valence-electron chi connectivity index (χ4n) is 1.68. The average molecular weight is 231 g/mol. The van der Waals surface area contributed by atoms with Gasteiger partial charge >= 0.3 is 11.5 Å². The summed E-state index contributed by atoms with van der Waals surface area (Å²) in [7, 11) is 0. The summed E-state index contributed by atoms with van der Waals surface area (Å²) in [5.74, 6) is -0.336. The van der Waals surface area contributed by atoms with E-state index in [0.717, 1.165) is 0 Å². The van der Waals surface area contributed by atoms with Gasteiger partial charge in [0, 0.05) is 22.9 Å².